The molecule has 2 heteroatoms. The van der Waals surface area contributed by atoms with Gasteiger partial charge in [0.2, 0.25) is 0 Å². The molecule has 0 aromatic rings. The van der Waals surface area contributed by atoms with Crippen molar-refractivity contribution >= 4 is 5.78 Å². The second-order valence-electron chi connectivity index (χ2n) is 3.03. The smallest absolute Gasteiger partial charge is 0.158 e. The van der Waals surface area contributed by atoms with Gasteiger partial charge in [-0.3, -0.25) is 4.79 Å². The van der Waals surface area contributed by atoms with Crippen LogP contribution in [0.3, 0.4) is 0 Å². The summed E-state index contributed by atoms with van der Waals surface area (Å²) in [7, 11) is 0. The van der Waals surface area contributed by atoms with Gasteiger partial charge < -0.3 is 4.74 Å². The molecule has 0 unspecified atom stereocenters. The van der Waals surface area contributed by atoms with Gasteiger partial charge in [0.05, 0.1) is 0 Å². The predicted octanol–water partition coefficient (Wildman–Crippen LogP) is 2.38. The van der Waals surface area contributed by atoms with Gasteiger partial charge in [-0.05, 0) is 31.9 Å². The minimum absolute atomic E-state index is 0.0135. The summed E-state index contributed by atoms with van der Waals surface area (Å²) in [6.45, 7) is 5.41. The summed E-state index contributed by atoms with van der Waals surface area (Å²) >= 11 is 0. The number of carbonyl (C=O) groups is 1. The zero-order chi connectivity index (χ0) is 9.68. The second kappa shape index (κ2) is 4.65. The monoisotopic (exact) mass is 178 g/mol. The third-order valence-electron chi connectivity index (χ3n) is 1.87. The number of carbonyl (C=O) groups excluding carboxylic acids is 1. The molecule has 0 heterocycles. The first-order valence-electron chi connectivity index (χ1n) is 4.38. The Kier molecular flexibility index (Phi) is 3.50. The number of hydrogen-bond donors (Lipinski definition) is 0. The van der Waals surface area contributed by atoms with Gasteiger partial charge >= 0.3 is 0 Å². The van der Waals surface area contributed by atoms with Crippen LogP contribution >= 0.6 is 0 Å². The first-order chi connectivity index (χ1) is 6.20. The lowest BCUT2D eigenvalue weighted by molar-refractivity contribution is -0.114. The van der Waals surface area contributed by atoms with Gasteiger partial charge in [0, 0.05) is 5.57 Å². The van der Waals surface area contributed by atoms with Crippen LogP contribution in [0.5, 0.6) is 0 Å². The van der Waals surface area contributed by atoms with Crippen LogP contribution in [-0.4, -0.2) is 12.4 Å². The molecule has 0 fully saturated rings. The molecule has 0 bridgehead atoms. The minimum atomic E-state index is -0.0135. The Hall–Kier alpha value is -1.31. The Labute approximate surface area is 78.6 Å². The number of allylic oxidation sites excluding steroid dienone is 3. The first-order valence-corrected chi connectivity index (χ1v) is 4.38. The number of ether oxygens (including phenoxy) is 1. The van der Waals surface area contributed by atoms with Gasteiger partial charge in [0.15, 0.2) is 5.78 Å². The lowest BCUT2D eigenvalue weighted by atomic mass is 10.2. The van der Waals surface area contributed by atoms with Crippen molar-refractivity contribution in [1.82, 2.24) is 0 Å². The molecule has 0 radical (unpaired) electrons. The topological polar surface area (TPSA) is 26.3 Å². The highest BCUT2D eigenvalue weighted by Crippen LogP contribution is 2.11. The van der Waals surface area contributed by atoms with E-state index in [-0.39, 0.29) is 5.78 Å². The highest BCUT2D eigenvalue weighted by Gasteiger charge is 2.02. The van der Waals surface area contributed by atoms with Crippen LogP contribution in [0.1, 0.15) is 19.8 Å². The van der Waals surface area contributed by atoms with Crippen molar-refractivity contribution in [2.75, 3.05) is 6.61 Å². The normalized spacial score (nSPS) is 15.0. The molecular formula is C11H14O2. The maximum Gasteiger partial charge on any atom is 0.158 e. The maximum absolute atomic E-state index is 10.8. The van der Waals surface area contributed by atoms with E-state index < -0.39 is 0 Å². The number of Topliss-reactive ketones (excluding diaryl/α,β-unsaturated/α-hetero) is 1. The van der Waals surface area contributed by atoms with Crippen molar-refractivity contribution < 1.29 is 9.53 Å². The van der Waals surface area contributed by atoms with Crippen LogP contribution in [0.25, 0.3) is 0 Å². The second-order valence-corrected chi connectivity index (χ2v) is 3.03. The minimum Gasteiger partial charge on any atom is -0.489 e. The molecule has 1 rings (SSSR count). The van der Waals surface area contributed by atoms with Crippen LogP contribution < -0.4 is 0 Å². The Bertz CT molecular complexity index is 272. The van der Waals surface area contributed by atoms with E-state index in [9.17, 15) is 4.79 Å². The predicted molar refractivity (Wildman–Crippen MR) is 52.2 cm³/mol. The molecule has 0 N–H and O–H groups in total. The molecule has 13 heavy (non-hydrogen) atoms. The molecule has 0 aromatic heterocycles. The van der Waals surface area contributed by atoms with E-state index in [1.54, 1.807) is 0 Å². The molecule has 1 aliphatic rings. The summed E-state index contributed by atoms with van der Waals surface area (Å²) in [6, 6.07) is 0. The summed E-state index contributed by atoms with van der Waals surface area (Å²) in [4.78, 5) is 10.8. The molecule has 0 saturated heterocycles. The van der Waals surface area contributed by atoms with E-state index in [1.807, 2.05) is 12.2 Å². The van der Waals surface area contributed by atoms with Crippen molar-refractivity contribution in [1.29, 1.82) is 0 Å². The summed E-state index contributed by atoms with van der Waals surface area (Å²) in [5.74, 6) is 0.828. The Morgan fingerprint density at radius 2 is 2.38 bits per heavy atom. The van der Waals surface area contributed by atoms with Gasteiger partial charge in [0.1, 0.15) is 12.4 Å². The molecule has 0 saturated carbocycles. The van der Waals surface area contributed by atoms with Gasteiger partial charge in [0.25, 0.3) is 0 Å². The van der Waals surface area contributed by atoms with Gasteiger partial charge in [-0.15, -0.1) is 0 Å². The number of rotatable bonds is 4. The number of ketones is 1. The molecular weight excluding hydrogens is 164 g/mol. The molecule has 2 nitrogen and oxygen atoms in total. The van der Waals surface area contributed by atoms with Crippen LogP contribution in [-0.2, 0) is 9.53 Å². The molecule has 70 valence electrons. The fourth-order valence-corrected chi connectivity index (χ4v) is 0.968. The highest BCUT2D eigenvalue weighted by molar-refractivity contribution is 5.92. The van der Waals surface area contributed by atoms with Gasteiger partial charge in [-0.2, -0.15) is 0 Å². The Morgan fingerprint density at radius 1 is 1.62 bits per heavy atom. The van der Waals surface area contributed by atoms with E-state index in [0.717, 1.165) is 18.6 Å². The fourth-order valence-electron chi connectivity index (χ4n) is 0.968. The molecule has 0 atom stereocenters. The SMILES string of the molecule is C=C(COC1=CCCC=C1)C(C)=O. The lowest BCUT2D eigenvalue weighted by Gasteiger charge is -2.09. The van der Waals surface area contributed by atoms with Crippen LogP contribution in [0.2, 0.25) is 0 Å². The zero-order valence-corrected chi connectivity index (χ0v) is 7.88. The standard InChI is InChI=1S/C11H14O2/c1-9(10(2)12)8-13-11-6-4-3-5-7-11/h4,6-7H,1,3,5,8H2,2H3. The third kappa shape index (κ3) is 3.28. The largest absolute Gasteiger partial charge is 0.489 e. The van der Waals surface area contributed by atoms with E-state index in [4.69, 9.17) is 4.74 Å². The van der Waals surface area contributed by atoms with Crippen LogP contribution in [0.4, 0.5) is 0 Å². The van der Waals surface area contributed by atoms with Crippen molar-refractivity contribution in [3.05, 3.63) is 36.1 Å². The van der Waals surface area contributed by atoms with Gasteiger partial charge in [-0.25, -0.2) is 0 Å². The summed E-state index contributed by atoms with van der Waals surface area (Å²) in [5, 5.41) is 0. The Balaban J connectivity index is 2.34. The molecule has 0 aromatic carbocycles. The highest BCUT2D eigenvalue weighted by atomic mass is 16.5. The maximum atomic E-state index is 10.8. The fraction of sp³-hybridized carbons (Fsp3) is 0.364. The van der Waals surface area contributed by atoms with E-state index in [0.29, 0.717) is 12.2 Å². The van der Waals surface area contributed by atoms with Crippen LogP contribution in [0, 0.1) is 0 Å². The quantitative estimate of drug-likeness (QED) is 0.618. The zero-order valence-electron chi connectivity index (χ0n) is 7.88. The summed E-state index contributed by atoms with van der Waals surface area (Å²) in [5.41, 5.74) is 0.514. The molecule has 1 aliphatic carbocycles. The van der Waals surface area contributed by atoms with E-state index >= 15 is 0 Å². The van der Waals surface area contributed by atoms with Crippen molar-refractivity contribution in [3.63, 3.8) is 0 Å². The molecule has 0 spiro atoms. The van der Waals surface area contributed by atoms with E-state index in [2.05, 4.69) is 12.7 Å². The summed E-state index contributed by atoms with van der Waals surface area (Å²) in [6.07, 6.45) is 8.09. The average Bonchev–Trinajstić information content (AvgIpc) is 2.15. The van der Waals surface area contributed by atoms with Crippen LogP contribution in [0.15, 0.2) is 36.1 Å². The average molecular weight is 178 g/mol. The molecule has 0 aliphatic heterocycles. The third-order valence-corrected chi connectivity index (χ3v) is 1.87. The van der Waals surface area contributed by atoms with Crippen molar-refractivity contribution in [3.8, 4) is 0 Å². The Morgan fingerprint density at radius 3 is 2.92 bits per heavy atom. The lowest BCUT2D eigenvalue weighted by Crippen LogP contribution is -2.04. The molecule has 0 amide bonds. The number of hydrogen-bond acceptors (Lipinski definition) is 2. The van der Waals surface area contributed by atoms with Crippen molar-refractivity contribution in [2.24, 2.45) is 0 Å². The first kappa shape index (κ1) is 9.78. The van der Waals surface area contributed by atoms with E-state index in [1.165, 1.54) is 6.92 Å². The van der Waals surface area contributed by atoms with Gasteiger partial charge in [-0.1, -0.05) is 12.7 Å². The van der Waals surface area contributed by atoms with Crippen molar-refractivity contribution in [2.45, 2.75) is 19.8 Å². The summed E-state index contributed by atoms with van der Waals surface area (Å²) < 4.78 is 5.36.